The van der Waals surface area contributed by atoms with Gasteiger partial charge in [-0.1, -0.05) is 29.8 Å². The largest absolute Gasteiger partial charge is 0.351 e. The summed E-state index contributed by atoms with van der Waals surface area (Å²) in [5.74, 6) is 0.975. The second-order valence-electron chi connectivity index (χ2n) is 5.46. The van der Waals surface area contributed by atoms with Crippen LogP contribution in [0.5, 0.6) is 0 Å². The topological polar surface area (TPSA) is 58.1 Å². The molecule has 1 aromatic heterocycles. The van der Waals surface area contributed by atoms with Gasteiger partial charge in [0, 0.05) is 36.4 Å². The first-order valence-corrected chi connectivity index (χ1v) is 7.54. The van der Waals surface area contributed by atoms with Crippen molar-refractivity contribution in [2.24, 2.45) is 0 Å². The number of carbonyl (C=O) groups is 1. The molecule has 0 unspecified atom stereocenters. The molecule has 22 heavy (non-hydrogen) atoms. The molecule has 0 bridgehead atoms. The monoisotopic (exact) mass is 316 g/mol. The maximum Gasteiger partial charge on any atom is 0.239 e. The summed E-state index contributed by atoms with van der Waals surface area (Å²) < 4.78 is 0. The van der Waals surface area contributed by atoms with Crippen LogP contribution in [-0.2, 0) is 4.79 Å². The van der Waals surface area contributed by atoms with Crippen molar-refractivity contribution in [1.82, 2.24) is 15.3 Å². The van der Waals surface area contributed by atoms with Gasteiger partial charge in [-0.3, -0.25) is 9.78 Å². The molecule has 1 aliphatic carbocycles. The maximum atomic E-state index is 12.1. The van der Waals surface area contributed by atoms with Crippen molar-refractivity contribution in [3.8, 4) is 0 Å². The SMILES string of the molecule is CN(CC(=O)N[C@@H]1C[C@@H]1c1ccccc1Cl)c1cnccn1. The summed E-state index contributed by atoms with van der Waals surface area (Å²) in [5.41, 5.74) is 1.11. The molecule has 1 amide bonds. The van der Waals surface area contributed by atoms with Crippen molar-refractivity contribution in [3.63, 3.8) is 0 Å². The van der Waals surface area contributed by atoms with Crippen molar-refractivity contribution in [2.45, 2.75) is 18.4 Å². The zero-order valence-electron chi connectivity index (χ0n) is 12.2. The Bertz CT molecular complexity index is 664. The summed E-state index contributed by atoms with van der Waals surface area (Å²) >= 11 is 6.19. The van der Waals surface area contributed by atoms with E-state index in [1.54, 1.807) is 23.5 Å². The van der Waals surface area contributed by atoms with Crippen molar-refractivity contribution < 1.29 is 4.79 Å². The Kier molecular flexibility index (Phi) is 4.24. The Balaban J connectivity index is 1.53. The molecule has 1 heterocycles. The summed E-state index contributed by atoms with van der Waals surface area (Å²) in [4.78, 5) is 22.0. The van der Waals surface area contributed by atoms with Gasteiger partial charge in [0.1, 0.15) is 5.82 Å². The zero-order chi connectivity index (χ0) is 15.5. The first-order chi connectivity index (χ1) is 10.6. The molecular formula is C16H17ClN4O. The van der Waals surface area contributed by atoms with E-state index in [4.69, 9.17) is 11.6 Å². The van der Waals surface area contributed by atoms with Gasteiger partial charge in [0.25, 0.3) is 0 Å². The predicted octanol–water partition coefficient (Wildman–Crippen LogP) is 2.24. The van der Waals surface area contributed by atoms with Crippen molar-refractivity contribution in [3.05, 3.63) is 53.4 Å². The van der Waals surface area contributed by atoms with Crippen molar-refractivity contribution in [2.75, 3.05) is 18.5 Å². The molecule has 1 N–H and O–H groups in total. The minimum absolute atomic E-state index is 0.0206. The third kappa shape index (κ3) is 3.36. The van der Waals surface area contributed by atoms with E-state index in [1.807, 2.05) is 31.3 Å². The van der Waals surface area contributed by atoms with Gasteiger partial charge in [0.05, 0.1) is 12.7 Å². The van der Waals surface area contributed by atoms with Crippen LogP contribution in [0.25, 0.3) is 0 Å². The van der Waals surface area contributed by atoms with Gasteiger partial charge in [-0.25, -0.2) is 4.98 Å². The van der Waals surface area contributed by atoms with Gasteiger partial charge >= 0.3 is 0 Å². The number of anilines is 1. The standard InChI is InChI=1S/C16H17ClN4O/c1-21(15-9-18-6-7-19-15)10-16(22)20-14-8-12(14)11-4-2-3-5-13(11)17/h2-7,9,12,14H,8,10H2,1H3,(H,20,22)/t12-,14-/m1/s1. The molecule has 2 aromatic rings. The van der Waals surface area contributed by atoms with Gasteiger partial charge in [0.15, 0.2) is 0 Å². The quantitative estimate of drug-likeness (QED) is 0.919. The number of aromatic nitrogens is 2. The minimum Gasteiger partial charge on any atom is -0.351 e. The normalized spacial score (nSPS) is 19.5. The van der Waals surface area contributed by atoms with Crippen LogP contribution in [0.4, 0.5) is 5.82 Å². The average molecular weight is 317 g/mol. The lowest BCUT2D eigenvalue weighted by molar-refractivity contribution is -0.119. The third-order valence-electron chi connectivity index (χ3n) is 3.76. The van der Waals surface area contributed by atoms with E-state index in [1.165, 1.54) is 0 Å². The molecule has 1 saturated carbocycles. The molecule has 6 heteroatoms. The number of benzene rings is 1. The van der Waals surface area contributed by atoms with Crippen LogP contribution in [-0.4, -0.2) is 35.5 Å². The molecule has 1 fully saturated rings. The molecule has 114 valence electrons. The Morgan fingerprint density at radius 1 is 1.41 bits per heavy atom. The molecule has 0 saturated heterocycles. The first kappa shape index (κ1) is 14.8. The number of hydrogen-bond acceptors (Lipinski definition) is 4. The molecule has 2 atom stereocenters. The number of halogens is 1. The van der Waals surface area contributed by atoms with E-state index in [9.17, 15) is 4.79 Å². The van der Waals surface area contributed by atoms with Gasteiger partial charge in [-0.05, 0) is 18.1 Å². The number of likely N-dealkylation sites (N-methyl/N-ethyl adjacent to an activating group) is 1. The van der Waals surface area contributed by atoms with Crippen LogP contribution in [0.1, 0.15) is 17.9 Å². The maximum absolute atomic E-state index is 12.1. The molecule has 1 aromatic carbocycles. The number of nitrogens with zero attached hydrogens (tertiary/aromatic N) is 3. The second kappa shape index (κ2) is 6.32. The number of carbonyl (C=O) groups excluding carboxylic acids is 1. The fraction of sp³-hybridized carbons (Fsp3) is 0.312. The second-order valence-corrected chi connectivity index (χ2v) is 5.86. The van der Waals surface area contributed by atoms with E-state index in [0.717, 1.165) is 17.0 Å². The van der Waals surface area contributed by atoms with Crippen molar-refractivity contribution in [1.29, 1.82) is 0 Å². The number of hydrogen-bond donors (Lipinski definition) is 1. The lowest BCUT2D eigenvalue weighted by atomic mass is 10.1. The summed E-state index contributed by atoms with van der Waals surface area (Å²) in [6.07, 6.45) is 5.79. The number of rotatable bonds is 5. The summed E-state index contributed by atoms with van der Waals surface area (Å²) in [7, 11) is 1.82. The van der Waals surface area contributed by atoms with Gasteiger partial charge in [0.2, 0.25) is 5.91 Å². The van der Waals surface area contributed by atoms with E-state index < -0.39 is 0 Å². The predicted molar refractivity (Wildman–Crippen MR) is 86.0 cm³/mol. The average Bonchev–Trinajstić information content (AvgIpc) is 3.27. The highest BCUT2D eigenvalue weighted by Gasteiger charge is 2.40. The Morgan fingerprint density at radius 2 is 2.23 bits per heavy atom. The molecular weight excluding hydrogens is 300 g/mol. The van der Waals surface area contributed by atoms with Crippen LogP contribution in [0.2, 0.25) is 5.02 Å². The van der Waals surface area contributed by atoms with Crippen LogP contribution in [0, 0.1) is 0 Å². The van der Waals surface area contributed by atoms with Crippen LogP contribution in [0.15, 0.2) is 42.9 Å². The number of nitrogens with one attached hydrogen (secondary N) is 1. The van der Waals surface area contributed by atoms with E-state index >= 15 is 0 Å². The van der Waals surface area contributed by atoms with Gasteiger partial charge in [-0.2, -0.15) is 0 Å². The molecule has 0 radical (unpaired) electrons. The highest BCUT2D eigenvalue weighted by atomic mass is 35.5. The van der Waals surface area contributed by atoms with Crippen LogP contribution < -0.4 is 10.2 Å². The van der Waals surface area contributed by atoms with Crippen molar-refractivity contribution >= 4 is 23.3 Å². The van der Waals surface area contributed by atoms with Gasteiger partial charge in [-0.15, -0.1) is 0 Å². The van der Waals surface area contributed by atoms with E-state index in [0.29, 0.717) is 11.7 Å². The summed E-state index contributed by atoms with van der Waals surface area (Å²) in [6.45, 7) is 0.254. The molecule has 3 rings (SSSR count). The molecule has 1 aliphatic rings. The highest BCUT2D eigenvalue weighted by molar-refractivity contribution is 6.31. The number of amides is 1. The first-order valence-electron chi connectivity index (χ1n) is 7.16. The summed E-state index contributed by atoms with van der Waals surface area (Å²) in [5, 5.41) is 3.81. The molecule has 5 nitrogen and oxygen atoms in total. The van der Waals surface area contributed by atoms with E-state index in [2.05, 4.69) is 15.3 Å². The van der Waals surface area contributed by atoms with Gasteiger partial charge < -0.3 is 10.2 Å². The lowest BCUT2D eigenvalue weighted by Crippen LogP contribution is -2.37. The van der Waals surface area contributed by atoms with Crippen LogP contribution >= 0.6 is 11.6 Å². The Morgan fingerprint density at radius 3 is 2.95 bits per heavy atom. The van der Waals surface area contributed by atoms with E-state index in [-0.39, 0.29) is 18.5 Å². The Labute approximate surface area is 134 Å². The lowest BCUT2D eigenvalue weighted by Gasteiger charge is -2.17. The fourth-order valence-electron chi connectivity index (χ4n) is 2.51. The Hall–Kier alpha value is -2.14. The summed E-state index contributed by atoms with van der Waals surface area (Å²) in [6, 6.07) is 7.96. The molecule has 0 aliphatic heterocycles. The fourth-order valence-corrected chi connectivity index (χ4v) is 2.79. The highest BCUT2D eigenvalue weighted by Crippen LogP contribution is 2.43. The zero-order valence-corrected chi connectivity index (χ0v) is 13.0. The smallest absolute Gasteiger partial charge is 0.239 e. The minimum atomic E-state index is -0.0206. The van der Waals surface area contributed by atoms with Crippen LogP contribution in [0.3, 0.4) is 0 Å². The molecule has 0 spiro atoms. The third-order valence-corrected chi connectivity index (χ3v) is 4.11.